The summed E-state index contributed by atoms with van der Waals surface area (Å²) in [5, 5.41) is 0. The topological polar surface area (TPSA) is 29.3 Å². The zero-order valence-corrected chi connectivity index (χ0v) is 12.2. The molecule has 0 spiro atoms. The second-order valence-corrected chi connectivity index (χ2v) is 6.46. The fourth-order valence-corrected chi connectivity index (χ4v) is 2.94. The van der Waals surface area contributed by atoms with Crippen LogP contribution in [0.4, 0.5) is 0 Å². The fraction of sp³-hybridized carbons (Fsp3) is 0.625. The monoisotopic (exact) mass is 246 g/mol. The molecule has 0 amide bonds. The van der Waals surface area contributed by atoms with E-state index in [2.05, 4.69) is 50.8 Å². The average Bonchev–Trinajstić information content (AvgIpc) is 2.28. The summed E-state index contributed by atoms with van der Waals surface area (Å²) >= 11 is 0. The third-order valence-corrected chi connectivity index (χ3v) is 4.42. The molecular weight excluding hydrogens is 220 g/mol. The molecule has 1 heterocycles. The number of nitrogens with zero attached hydrogens (tertiary/aromatic N) is 1. The summed E-state index contributed by atoms with van der Waals surface area (Å²) in [5.41, 5.74) is 10.7. The van der Waals surface area contributed by atoms with Gasteiger partial charge in [0.1, 0.15) is 0 Å². The van der Waals surface area contributed by atoms with E-state index in [4.69, 9.17) is 5.73 Å². The molecule has 1 fully saturated rings. The molecule has 1 aromatic rings. The van der Waals surface area contributed by atoms with Crippen molar-refractivity contribution in [1.29, 1.82) is 0 Å². The number of nitrogens with two attached hydrogens (primary N) is 1. The van der Waals surface area contributed by atoms with Gasteiger partial charge >= 0.3 is 0 Å². The summed E-state index contributed by atoms with van der Waals surface area (Å²) in [6.07, 6.45) is 1.11. The van der Waals surface area contributed by atoms with Gasteiger partial charge in [0.25, 0.3) is 0 Å². The van der Waals surface area contributed by atoms with Crippen LogP contribution in [0.2, 0.25) is 0 Å². The minimum atomic E-state index is 0.231. The molecule has 1 unspecified atom stereocenters. The number of hydrogen-bond donors (Lipinski definition) is 1. The lowest BCUT2D eigenvalue weighted by molar-refractivity contribution is 0.0896. The number of benzene rings is 1. The van der Waals surface area contributed by atoms with E-state index < -0.39 is 0 Å². The van der Waals surface area contributed by atoms with Gasteiger partial charge in [-0.3, -0.25) is 4.90 Å². The van der Waals surface area contributed by atoms with Crippen molar-refractivity contribution in [3.8, 4) is 0 Å². The minimum Gasteiger partial charge on any atom is -0.327 e. The summed E-state index contributed by atoms with van der Waals surface area (Å²) in [5.74, 6) is 0. The van der Waals surface area contributed by atoms with E-state index in [1.165, 1.54) is 16.7 Å². The highest BCUT2D eigenvalue weighted by Crippen LogP contribution is 2.29. The van der Waals surface area contributed by atoms with Crippen LogP contribution in [-0.4, -0.2) is 24.0 Å². The van der Waals surface area contributed by atoms with Crippen molar-refractivity contribution < 1.29 is 0 Å². The molecule has 0 bridgehead atoms. The van der Waals surface area contributed by atoms with Crippen molar-refractivity contribution in [2.75, 3.05) is 13.1 Å². The minimum absolute atomic E-state index is 0.231. The van der Waals surface area contributed by atoms with Crippen LogP contribution in [0.5, 0.6) is 0 Å². The van der Waals surface area contributed by atoms with Crippen molar-refractivity contribution >= 4 is 0 Å². The molecule has 0 aromatic heterocycles. The van der Waals surface area contributed by atoms with E-state index in [1.807, 2.05) is 0 Å². The highest BCUT2D eigenvalue weighted by Gasteiger charge is 2.33. The highest BCUT2D eigenvalue weighted by molar-refractivity contribution is 5.33. The molecular formula is C16H26N2. The Morgan fingerprint density at radius 3 is 2.44 bits per heavy atom. The van der Waals surface area contributed by atoms with Crippen LogP contribution < -0.4 is 5.73 Å². The Bertz CT molecular complexity index is 403. The van der Waals surface area contributed by atoms with Gasteiger partial charge in [0.2, 0.25) is 0 Å². The Morgan fingerprint density at radius 2 is 1.89 bits per heavy atom. The largest absolute Gasteiger partial charge is 0.327 e. The van der Waals surface area contributed by atoms with Crippen LogP contribution in [0.25, 0.3) is 0 Å². The summed E-state index contributed by atoms with van der Waals surface area (Å²) in [6.45, 7) is 12.3. The fourth-order valence-electron chi connectivity index (χ4n) is 2.94. The zero-order chi connectivity index (χ0) is 13.3. The van der Waals surface area contributed by atoms with E-state index in [0.29, 0.717) is 6.04 Å². The van der Waals surface area contributed by atoms with Crippen LogP contribution in [-0.2, 0) is 6.54 Å². The molecule has 2 N–H and O–H groups in total. The van der Waals surface area contributed by atoms with Crippen molar-refractivity contribution in [2.24, 2.45) is 11.1 Å². The molecule has 2 rings (SSSR count). The lowest BCUT2D eigenvalue weighted by atomic mass is 9.79. The first-order valence-electron chi connectivity index (χ1n) is 6.93. The Morgan fingerprint density at radius 1 is 1.28 bits per heavy atom. The van der Waals surface area contributed by atoms with E-state index in [-0.39, 0.29) is 5.41 Å². The number of likely N-dealkylation sites (tertiary alicyclic amines) is 1. The highest BCUT2D eigenvalue weighted by atomic mass is 15.1. The van der Waals surface area contributed by atoms with Gasteiger partial charge in [-0.1, -0.05) is 32.0 Å². The Hall–Kier alpha value is -0.860. The third kappa shape index (κ3) is 2.76. The molecule has 2 nitrogen and oxygen atoms in total. The predicted octanol–water partition coefficient (Wildman–Crippen LogP) is 2.86. The Balaban J connectivity index is 2.11. The summed E-state index contributed by atoms with van der Waals surface area (Å²) in [4.78, 5) is 2.55. The van der Waals surface area contributed by atoms with Crippen molar-refractivity contribution in [3.63, 3.8) is 0 Å². The van der Waals surface area contributed by atoms with Gasteiger partial charge in [-0.2, -0.15) is 0 Å². The SMILES string of the molecule is Cc1cccc(C)c1CN1CCC(N)C(C)(C)C1. The maximum Gasteiger partial charge on any atom is 0.0239 e. The van der Waals surface area contributed by atoms with Gasteiger partial charge in [0.15, 0.2) is 0 Å². The smallest absolute Gasteiger partial charge is 0.0239 e. The zero-order valence-electron chi connectivity index (χ0n) is 12.2. The normalized spacial score (nSPS) is 24.2. The number of aryl methyl sites for hydroxylation is 2. The maximum absolute atomic E-state index is 6.20. The molecule has 2 heteroatoms. The molecule has 1 atom stereocenters. The van der Waals surface area contributed by atoms with Gasteiger partial charge in [0.05, 0.1) is 0 Å². The van der Waals surface area contributed by atoms with E-state index in [9.17, 15) is 0 Å². The molecule has 0 aliphatic carbocycles. The molecule has 18 heavy (non-hydrogen) atoms. The van der Waals surface area contributed by atoms with Gasteiger partial charge in [0, 0.05) is 25.7 Å². The Labute approximate surface area is 111 Å². The molecule has 0 saturated carbocycles. The summed E-state index contributed by atoms with van der Waals surface area (Å²) < 4.78 is 0. The Kier molecular flexibility index (Phi) is 3.79. The van der Waals surface area contributed by atoms with Gasteiger partial charge in [-0.05, 0) is 42.4 Å². The van der Waals surface area contributed by atoms with Crippen LogP contribution in [0.3, 0.4) is 0 Å². The first-order chi connectivity index (χ1) is 8.40. The lowest BCUT2D eigenvalue weighted by Gasteiger charge is -2.43. The van der Waals surface area contributed by atoms with Crippen molar-refractivity contribution in [3.05, 3.63) is 34.9 Å². The lowest BCUT2D eigenvalue weighted by Crippen LogP contribution is -2.52. The van der Waals surface area contributed by atoms with Crippen LogP contribution in [0, 0.1) is 19.3 Å². The predicted molar refractivity (Wildman–Crippen MR) is 77.6 cm³/mol. The maximum atomic E-state index is 6.20. The molecule has 1 aliphatic heterocycles. The molecule has 1 aliphatic rings. The van der Waals surface area contributed by atoms with Gasteiger partial charge in [-0.25, -0.2) is 0 Å². The van der Waals surface area contributed by atoms with E-state index in [0.717, 1.165) is 26.1 Å². The van der Waals surface area contributed by atoms with Crippen molar-refractivity contribution in [1.82, 2.24) is 4.90 Å². The molecule has 100 valence electrons. The van der Waals surface area contributed by atoms with Crippen LogP contribution >= 0.6 is 0 Å². The third-order valence-electron chi connectivity index (χ3n) is 4.42. The average molecular weight is 246 g/mol. The molecule has 1 saturated heterocycles. The standard InChI is InChI=1S/C16H26N2/c1-12-6-5-7-13(2)14(12)10-18-9-8-15(17)16(3,4)11-18/h5-7,15H,8-11,17H2,1-4H3. The van der Waals surface area contributed by atoms with E-state index >= 15 is 0 Å². The summed E-state index contributed by atoms with van der Waals surface area (Å²) in [6, 6.07) is 6.91. The first kappa shape index (κ1) is 13.6. The second kappa shape index (κ2) is 5.02. The van der Waals surface area contributed by atoms with Gasteiger partial charge in [-0.15, -0.1) is 0 Å². The van der Waals surface area contributed by atoms with Gasteiger partial charge < -0.3 is 5.73 Å². The number of piperidine rings is 1. The first-order valence-corrected chi connectivity index (χ1v) is 6.93. The van der Waals surface area contributed by atoms with Crippen LogP contribution in [0.15, 0.2) is 18.2 Å². The van der Waals surface area contributed by atoms with E-state index in [1.54, 1.807) is 0 Å². The summed E-state index contributed by atoms with van der Waals surface area (Å²) in [7, 11) is 0. The molecule has 0 radical (unpaired) electrons. The van der Waals surface area contributed by atoms with Crippen LogP contribution in [0.1, 0.15) is 37.0 Å². The molecule has 1 aromatic carbocycles. The quantitative estimate of drug-likeness (QED) is 0.869. The second-order valence-electron chi connectivity index (χ2n) is 6.46. The number of hydrogen-bond acceptors (Lipinski definition) is 2. The number of rotatable bonds is 2. The van der Waals surface area contributed by atoms with Crippen molar-refractivity contribution in [2.45, 2.75) is 46.7 Å².